The van der Waals surface area contributed by atoms with E-state index in [2.05, 4.69) is 13.8 Å². The Kier molecular flexibility index (Phi) is 11.6. The number of hydrogen-bond acceptors (Lipinski definition) is 4. The van der Waals surface area contributed by atoms with Gasteiger partial charge in [0.05, 0.1) is 6.61 Å². The zero-order valence-electron chi connectivity index (χ0n) is 15.8. The van der Waals surface area contributed by atoms with Crippen molar-refractivity contribution in [1.82, 2.24) is 0 Å². The number of rotatable bonds is 15. The molecule has 25 heavy (non-hydrogen) atoms. The molecule has 144 valence electrons. The summed E-state index contributed by atoms with van der Waals surface area (Å²) in [5.41, 5.74) is 0. The average molecular weight is 371 g/mol. The van der Waals surface area contributed by atoms with E-state index in [1.807, 2.05) is 6.07 Å². The van der Waals surface area contributed by atoms with Gasteiger partial charge in [-0.15, -0.1) is 0 Å². The van der Waals surface area contributed by atoms with Crippen molar-refractivity contribution in [2.45, 2.75) is 78.1 Å². The molecule has 5 heteroatoms. The summed E-state index contributed by atoms with van der Waals surface area (Å²) in [6.07, 6.45) is 11.6. The summed E-state index contributed by atoms with van der Waals surface area (Å²) in [6, 6.07) is 8.48. The fourth-order valence-electron chi connectivity index (χ4n) is 2.83. The Morgan fingerprint density at radius 2 is 1.40 bits per heavy atom. The van der Waals surface area contributed by atoms with Crippen LogP contribution in [-0.2, 0) is 14.6 Å². The molecule has 0 aliphatic heterocycles. The molecule has 1 rings (SSSR count). The van der Waals surface area contributed by atoms with Crippen LogP contribution in [0.5, 0.6) is 5.75 Å². The largest absolute Gasteiger partial charge is 0.449 e. The molecule has 0 heterocycles. The second-order valence-electron chi connectivity index (χ2n) is 6.65. The monoisotopic (exact) mass is 370 g/mol. The Morgan fingerprint density at radius 1 is 0.840 bits per heavy atom. The molecular formula is C20H34O4S. The van der Waals surface area contributed by atoms with Crippen LogP contribution in [0.3, 0.4) is 0 Å². The highest BCUT2D eigenvalue weighted by atomic mass is 32.3. The van der Waals surface area contributed by atoms with Gasteiger partial charge in [0.2, 0.25) is 0 Å². The lowest BCUT2D eigenvalue weighted by molar-refractivity contribution is 0.207. The predicted octanol–water partition coefficient (Wildman–Crippen LogP) is 5.88. The van der Waals surface area contributed by atoms with Crippen molar-refractivity contribution in [3.63, 3.8) is 0 Å². The summed E-state index contributed by atoms with van der Waals surface area (Å²) in [6.45, 7) is 4.60. The molecular weight excluding hydrogens is 336 g/mol. The van der Waals surface area contributed by atoms with Crippen molar-refractivity contribution in [3.8, 4) is 5.75 Å². The lowest BCUT2D eigenvalue weighted by Gasteiger charge is -2.17. The summed E-state index contributed by atoms with van der Waals surface area (Å²) < 4.78 is 34.2. The van der Waals surface area contributed by atoms with Crippen LogP contribution in [0.15, 0.2) is 30.3 Å². The molecule has 1 aromatic carbocycles. The van der Waals surface area contributed by atoms with E-state index in [4.69, 9.17) is 8.37 Å². The first kappa shape index (κ1) is 22.0. The molecule has 0 aliphatic rings. The molecule has 4 nitrogen and oxygen atoms in total. The molecule has 0 radical (unpaired) electrons. The van der Waals surface area contributed by atoms with Crippen molar-refractivity contribution >= 4 is 10.4 Å². The van der Waals surface area contributed by atoms with Crippen LogP contribution in [0.2, 0.25) is 0 Å². The van der Waals surface area contributed by atoms with E-state index in [1.165, 1.54) is 38.5 Å². The fraction of sp³-hybridized carbons (Fsp3) is 0.700. The van der Waals surface area contributed by atoms with Gasteiger partial charge in [-0.05, 0) is 30.9 Å². The number of hydrogen-bond donors (Lipinski definition) is 0. The van der Waals surface area contributed by atoms with Crippen LogP contribution in [0.25, 0.3) is 0 Å². The molecule has 0 N–H and O–H groups in total. The number of benzene rings is 1. The van der Waals surface area contributed by atoms with E-state index >= 15 is 0 Å². The van der Waals surface area contributed by atoms with Gasteiger partial charge in [-0.2, -0.15) is 8.42 Å². The first-order valence-corrected chi connectivity index (χ1v) is 11.0. The van der Waals surface area contributed by atoms with Crippen LogP contribution in [0.1, 0.15) is 78.1 Å². The quantitative estimate of drug-likeness (QED) is 0.362. The summed E-state index contributed by atoms with van der Waals surface area (Å²) in [5.74, 6) is 0.562. The lowest BCUT2D eigenvalue weighted by atomic mass is 9.95. The Hall–Kier alpha value is -1.07. The van der Waals surface area contributed by atoms with Crippen LogP contribution >= 0.6 is 0 Å². The summed E-state index contributed by atoms with van der Waals surface area (Å²) >= 11 is 0. The molecule has 0 bridgehead atoms. The van der Waals surface area contributed by atoms with Gasteiger partial charge < -0.3 is 4.18 Å². The minimum atomic E-state index is -4.00. The molecule has 1 atom stereocenters. The third-order valence-corrected chi connectivity index (χ3v) is 5.14. The van der Waals surface area contributed by atoms with Crippen LogP contribution in [-0.4, -0.2) is 15.0 Å². The Balaban J connectivity index is 2.42. The molecule has 1 aromatic rings. The van der Waals surface area contributed by atoms with E-state index < -0.39 is 10.4 Å². The van der Waals surface area contributed by atoms with Crippen molar-refractivity contribution in [1.29, 1.82) is 0 Å². The second kappa shape index (κ2) is 13.2. The van der Waals surface area contributed by atoms with Gasteiger partial charge in [-0.3, -0.25) is 0 Å². The molecule has 1 unspecified atom stereocenters. The zero-order chi connectivity index (χ0) is 18.4. The second-order valence-corrected chi connectivity index (χ2v) is 7.87. The van der Waals surface area contributed by atoms with Crippen molar-refractivity contribution in [2.24, 2.45) is 5.92 Å². The summed E-state index contributed by atoms with van der Waals surface area (Å²) in [4.78, 5) is 0. The Morgan fingerprint density at radius 3 is 2.04 bits per heavy atom. The van der Waals surface area contributed by atoms with E-state index in [9.17, 15) is 8.42 Å². The first-order valence-electron chi connectivity index (χ1n) is 9.71. The zero-order valence-corrected chi connectivity index (χ0v) is 16.6. The maximum absolute atomic E-state index is 12.0. The van der Waals surface area contributed by atoms with Crippen LogP contribution < -0.4 is 4.18 Å². The Labute approximate surface area is 154 Å². The first-order chi connectivity index (χ1) is 12.1. The van der Waals surface area contributed by atoms with Gasteiger partial charge >= 0.3 is 10.4 Å². The lowest BCUT2D eigenvalue weighted by Crippen LogP contribution is -2.19. The van der Waals surface area contributed by atoms with Gasteiger partial charge in [0.1, 0.15) is 5.75 Å². The maximum Gasteiger partial charge on any atom is 0.449 e. The van der Waals surface area contributed by atoms with Gasteiger partial charge in [-0.25, -0.2) is 4.18 Å². The van der Waals surface area contributed by atoms with E-state index in [1.54, 1.807) is 24.3 Å². The third-order valence-electron chi connectivity index (χ3n) is 4.32. The highest BCUT2D eigenvalue weighted by Gasteiger charge is 2.18. The SMILES string of the molecule is CCCCCCCC(CCCCC)COS(=O)(=O)Oc1ccccc1. The highest BCUT2D eigenvalue weighted by molar-refractivity contribution is 7.82. The van der Waals surface area contributed by atoms with E-state index in [-0.39, 0.29) is 18.3 Å². The van der Waals surface area contributed by atoms with Crippen LogP contribution in [0, 0.1) is 5.92 Å². The van der Waals surface area contributed by atoms with Gasteiger partial charge in [0.25, 0.3) is 0 Å². The topological polar surface area (TPSA) is 52.6 Å². The molecule has 0 saturated carbocycles. The van der Waals surface area contributed by atoms with Crippen molar-refractivity contribution in [3.05, 3.63) is 30.3 Å². The standard InChI is InChI=1S/C20H34O4S/c1-3-5-7-8-11-15-19(14-10-6-4-2)18-23-25(21,22)24-20-16-12-9-13-17-20/h9,12-13,16-17,19H,3-8,10-11,14-15,18H2,1-2H3. The minimum Gasteiger partial charge on any atom is -0.362 e. The van der Waals surface area contributed by atoms with Crippen molar-refractivity contribution < 1.29 is 16.8 Å². The fourth-order valence-corrected chi connectivity index (χ4v) is 3.58. The summed E-state index contributed by atoms with van der Waals surface area (Å²) in [5, 5.41) is 0. The van der Waals surface area contributed by atoms with Gasteiger partial charge in [-0.1, -0.05) is 83.4 Å². The van der Waals surface area contributed by atoms with Gasteiger partial charge in [0.15, 0.2) is 0 Å². The smallest absolute Gasteiger partial charge is 0.362 e. The predicted molar refractivity (Wildman–Crippen MR) is 103 cm³/mol. The number of para-hydroxylation sites is 1. The number of unbranched alkanes of at least 4 members (excludes halogenated alkanes) is 6. The normalized spacial score (nSPS) is 12.9. The molecule has 0 spiro atoms. The third kappa shape index (κ3) is 11.2. The van der Waals surface area contributed by atoms with Gasteiger partial charge in [0, 0.05) is 0 Å². The highest BCUT2D eigenvalue weighted by Crippen LogP contribution is 2.20. The van der Waals surface area contributed by atoms with E-state index in [0.717, 1.165) is 25.7 Å². The Bertz CT molecular complexity index is 528. The maximum atomic E-state index is 12.0. The summed E-state index contributed by atoms with van der Waals surface area (Å²) in [7, 11) is -4.00. The molecule has 0 aliphatic carbocycles. The van der Waals surface area contributed by atoms with Crippen molar-refractivity contribution in [2.75, 3.05) is 6.61 Å². The average Bonchev–Trinajstić information content (AvgIpc) is 2.59. The molecule has 0 amide bonds. The molecule has 0 fully saturated rings. The van der Waals surface area contributed by atoms with Crippen LogP contribution in [0.4, 0.5) is 0 Å². The van der Waals surface area contributed by atoms with E-state index in [0.29, 0.717) is 0 Å². The molecule has 0 aromatic heterocycles. The minimum absolute atomic E-state index is 0.215. The molecule has 0 saturated heterocycles.